The largest absolute Gasteiger partial charge is 0.480 e. The van der Waals surface area contributed by atoms with Crippen molar-refractivity contribution in [1.82, 2.24) is 20.7 Å². The lowest BCUT2D eigenvalue weighted by Gasteiger charge is -2.32. The number of hydrogen-bond donors (Lipinski definition) is 4. The number of nitrogens with zero attached hydrogens (tertiary/aromatic N) is 2. The minimum Gasteiger partial charge on any atom is -0.480 e. The van der Waals surface area contributed by atoms with Crippen molar-refractivity contribution in [2.24, 2.45) is 5.73 Å². The van der Waals surface area contributed by atoms with E-state index in [0.29, 0.717) is 13.1 Å². The van der Waals surface area contributed by atoms with Gasteiger partial charge in [-0.2, -0.15) is 0 Å². The maximum atomic E-state index is 11.7. The number of nitrogens with two attached hydrogens (primary N) is 1. The maximum absolute atomic E-state index is 11.7. The molecule has 114 valence electrons. The Kier molecular flexibility index (Phi) is 6.19. The second-order valence-corrected chi connectivity index (χ2v) is 4.77. The Hall–Kier alpha value is -1.87. The first-order valence-corrected chi connectivity index (χ1v) is 6.40. The Bertz CT molecular complexity index is 368. The zero-order chi connectivity index (χ0) is 15.1. The van der Waals surface area contributed by atoms with Gasteiger partial charge in [-0.15, -0.1) is 0 Å². The van der Waals surface area contributed by atoms with Gasteiger partial charge in [0.2, 0.25) is 5.91 Å². The molecule has 1 unspecified atom stereocenters. The molecule has 1 heterocycles. The van der Waals surface area contributed by atoms with E-state index in [4.69, 9.17) is 10.8 Å². The molecule has 1 rings (SSSR count). The number of carboxylic acids is 1. The number of primary amides is 1. The van der Waals surface area contributed by atoms with Crippen LogP contribution < -0.4 is 16.5 Å². The zero-order valence-electron chi connectivity index (χ0n) is 11.5. The van der Waals surface area contributed by atoms with Gasteiger partial charge < -0.3 is 21.1 Å². The van der Waals surface area contributed by atoms with Gasteiger partial charge >= 0.3 is 12.0 Å². The van der Waals surface area contributed by atoms with E-state index in [0.717, 1.165) is 13.1 Å². The van der Waals surface area contributed by atoms with Gasteiger partial charge in [0, 0.05) is 32.6 Å². The lowest BCUT2D eigenvalue weighted by atomic mass is 10.1. The number of likely N-dealkylation sites (N-methyl/N-ethyl adjacent to an activating group) is 1. The van der Waals surface area contributed by atoms with Crippen molar-refractivity contribution in [1.29, 1.82) is 0 Å². The normalized spacial score (nSPS) is 18.2. The van der Waals surface area contributed by atoms with E-state index in [2.05, 4.69) is 15.6 Å². The van der Waals surface area contributed by atoms with Crippen LogP contribution in [0.5, 0.6) is 0 Å². The predicted molar refractivity (Wildman–Crippen MR) is 70.6 cm³/mol. The van der Waals surface area contributed by atoms with Crippen LogP contribution in [0.25, 0.3) is 0 Å². The van der Waals surface area contributed by atoms with Gasteiger partial charge in [0.25, 0.3) is 0 Å². The van der Waals surface area contributed by atoms with Crippen molar-refractivity contribution in [3.8, 4) is 0 Å². The highest BCUT2D eigenvalue weighted by molar-refractivity contribution is 5.83. The highest BCUT2D eigenvalue weighted by atomic mass is 16.4. The van der Waals surface area contributed by atoms with E-state index < -0.39 is 23.9 Å². The molecule has 0 spiro atoms. The van der Waals surface area contributed by atoms with Gasteiger partial charge in [-0.25, -0.2) is 14.6 Å². The Balaban J connectivity index is 2.37. The number of hydrogen-bond acceptors (Lipinski definition) is 5. The first kappa shape index (κ1) is 16.2. The molecule has 20 heavy (non-hydrogen) atoms. The van der Waals surface area contributed by atoms with E-state index in [1.807, 2.05) is 7.05 Å². The molecule has 0 bridgehead atoms. The number of hydrazine groups is 1. The van der Waals surface area contributed by atoms with Crippen LogP contribution in [-0.2, 0) is 9.59 Å². The molecule has 1 aliphatic heterocycles. The van der Waals surface area contributed by atoms with Crippen LogP contribution in [0.15, 0.2) is 0 Å². The summed E-state index contributed by atoms with van der Waals surface area (Å²) < 4.78 is 0. The molecule has 5 N–H and O–H groups in total. The lowest BCUT2D eigenvalue weighted by Crippen LogP contribution is -2.56. The van der Waals surface area contributed by atoms with Crippen LogP contribution in [0.3, 0.4) is 0 Å². The summed E-state index contributed by atoms with van der Waals surface area (Å²) in [5.74, 6) is -1.79. The summed E-state index contributed by atoms with van der Waals surface area (Å²) in [5, 5.41) is 13.0. The summed E-state index contributed by atoms with van der Waals surface area (Å²) in [6.07, 6.45) is -0.118. The highest BCUT2D eigenvalue weighted by Crippen LogP contribution is 1.99. The number of carbonyl (C=O) groups is 3. The molecule has 0 saturated carbocycles. The molecule has 0 aromatic rings. The molecular weight excluding hydrogens is 266 g/mol. The monoisotopic (exact) mass is 287 g/mol. The van der Waals surface area contributed by atoms with Gasteiger partial charge in [0.05, 0.1) is 0 Å². The number of piperazine rings is 1. The molecule has 0 aromatic heterocycles. The maximum Gasteiger partial charge on any atom is 0.330 e. The van der Waals surface area contributed by atoms with Crippen molar-refractivity contribution < 1.29 is 19.5 Å². The van der Waals surface area contributed by atoms with Crippen LogP contribution in [0, 0.1) is 0 Å². The number of amides is 3. The number of urea groups is 1. The molecule has 9 heteroatoms. The van der Waals surface area contributed by atoms with Crippen LogP contribution in [-0.4, -0.2) is 72.2 Å². The van der Waals surface area contributed by atoms with Gasteiger partial charge in [0.15, 0.2) is 0 Å². The number of rotatable bonds is 6. The second kappa shape index (κ2) is 7.65. The first-order chi connectivity index (χ1) is 9.38. The number of carbonyl (C=O) groups excluding carboxylic acids is 2. The van der Waals surface area contributed by atoms with Crippen LogP contribution in [0.1, 0.15) is 12.8 Å². The molecule has 9 nitrogen and oxygen atoms in total. The van der Waals surface area contributed by atoms with Crippen LogP contribution >= 0.6 is 0 Å². The van der Waals surface area contributed by atoms with Crippen molar-refractivity contribution in [2.75, 3.05) is 33.2 Å². The molecule has 3 amide bonds. The standard InChI is InChI=1S/C11H21N5O4/c1-15-4-6-16(7-5-15)14-11(20)13-8(10(18)19)2-3-9(12)17/h8H,2-7H2,1H3,(H2,12,17)(H,18,19)(H2,13,14,20). The zero-order valence-corrected chi connectivity index (χ0v) is 11.5. The van der Waals surface area contributed by atoms with Crippen LogP contribution in [0.2, 0.25) is 0 Å². The van der Waals surface area contributed by atoms with Crippen molar-refractivity contribution in [3.05, 3.63) is 0 Å². The fourth-order valence-electron chi connectivity index (χ4n) is 1.80. The molecule has 1 fully saturated rings. The first-order valence-electron chi connectivity index (χ1n) is 6.40. The Labute approximate surface area is 117 Å². The summed E-state index contributed by atoms with van der Waals surface area (Å²) in [6.45, 7) is 2.99. The van der Waals surface area contributed by atoms with E-state index in [1.54, 1.807) is 5.01 Å². The Morgan fingerprint density at radius 3 is 2.35 bits per heavy atom. The van der Waals surface area contributed by atoms with E-state index in [1.165, 1.54) is 0 Å². The fraction of sp³-hybridized carbons (Fsp3) is 0.727. The molecule has 0 aromatic carbocycles. The van der Waals surface area contributed by atoms with Crippen LogP contribution in [0.4, 0.5) is 4.79 Å². The average molecular weight is 287 g/mol. The van der Waals surface area contributed by atoms with Gasteiger partial charge in [0.1, 0.15) is 6.04 Å². The highest BCUT2D eigenvalue weighted by Gasteiger charge is 2.22. The topological polar surface area (TPSA) is 128 Å². The third-order valence-electron chi connectivity index (χ3n) is 3.05. The predicted octanol–water partition coefficient (Wildman–Crippen LogP) is -1.83. The second-order valence-electron chi connectivity index (χ2n) is 4.77. The molecule has 0 radical (unpaired) electrons. The third-order valence-corrected chi connectivity index (χ3v) is 3.05. The number of nitrogens with one attached hydrogen (secondary N) is 2. The quantitative estimate of drug-likeness (QED) is 0.455. The van der Waals surface area contributed by atoms with Gasteiger partial charge in [-0.1, -0.05) is 0 Å². The summed E-state index contributed by atoms with van der Waals surface area (Å²) >= 11 is 0. The SMILES string of the molecule is CN1CCN(NC(=O)NC(CCC(N)=O)C(=O)O)CC1. The Morgan fingerprint density at radius 1 is 1.25 bits per heavy atom. The lowest BCUT2D eigenvalue weighted by molar-refractivity contribution is -0.139. The van der Waals surface area contributed by atoms with Gasteiger partial charge in [-0.05, 0) is 13.5 Å². The van der Waals surface area contributed by atoms with E-state index >= 15 is 0 Å². The minimum atomic E-state index is -1.19. The van der Waals surface area contributed by atoms with Gasteiger partial charge in [-0.3, -0.25) is 10.2 Å². The van der Waals surface area contributed by atoms with Crippen molar-refractivity contribution >= 4 is 17.9 Å². The van der Waals surface area contributed by atoms with Crippen molar-refractivity contribution in [3.63, 3.8) is 0 Å². The molecular formula is C11H21N5O4. The van der Waals surface area contributed by atoms with E-state index in [9.17, 15) is 14.4 Å². The molecule has 1 aliphatic rings. The summed E-state index contributed by atoms with van der Waals surface area (Å²) in [7, 11) is 1.99. The number of carboxylic acid groups (broad SMARTS) is 1. The molecule has 0 aliphatic carbocycles. The summed E-state index contributed by atoms with van der Waals surface area (Å²) in [6, 6.07) is -1.72. The average Bonchev–Trinajstić information content (AvgIpc) is 2.36. The minimum absolute atomic E-state index is 0.0270. The summed E-state index contributed by atoms with van der Waals surface area (Å²) in [5.41, 5.74) is 7.55. The molecule has 1 saturated heterocycles. The van der Waals surface area contributed by atoms with E-state index in [-0.39, 0.29) is 12.8 Å². The molecule has 1 atom stereocenters. The van der Waals surface area contributed by atoms with Crippen molar-refractivity contribution in [2.45, 2.75) is 18.9 Å². The Morgan fingerprint density at radius 2 is 1.85 bits per heavy atom. The fourth-order valence-corrected chi connectivity index (χ4v) is 1.80. The smallest absolute Gasteiger partial charge is 0.330 e. The summed E-state index contributed by atoms with van der Waals surface area (Å²) in [4.78, 5) is 35.4. The third kappa shape index (κ3) is 5.85. The number of aliphatic carboxylic acids is 1.